The van der Waals surface area contributed by atoms with Crippen LogP contribution < -0.4 is 10.1 Å². The number of hydrogen-bond acceptors (Lipinski definition) is 6. The van der Waals surface area contributed by atoms with Gasteiger partial charge in [-0.3, -0.25) is 4.90 Å². The molecule has 1 heterocycles. The topological polar surface area (TPSA) is 82.1 Å². The van der Waals surface area contributed by atoms with Crippen LogP contribution in [0.15, 0.2) is 23.1 Å². The van der Waals surface area contributed by atoms with E-state index in [-0.39, 0.29) is 30.1 Å². The number of likely N-dealkylation sites (N-methyl/N-ethyl adjacent to an activating group) is 1. The summed E-state index contributed by atoms with van der Waals surface area (Å²) in [5.41, 5.74) is 0.703. The molecule has 0 bridgehead atoms. The van der Waals surface area contributed by atoms with Crippen LogP contribution in [0.5, 0.6) is 5.75 Å². The van der Waals surface area contributed by atoms with Gasteiger partial charge < -0.3 is 15.2 Å². The predicted octanol–water partition coefficient (Wildman–Crippen LogP) is 0.588. The van der Waals surface area contributed by atoms with Crippen molar-refractivity contribution >= 4 is 10.0 Å². The van der Waals surface area contributed by atoms with Crippen LogP contribution in [0.3, 0.4) is 0 Å². The highest BCUT2D eigenvalue weighted by atomic mass is 32.2. The summed E-state index contributed by atoms with van der Waals surface area (Å²) in [5.74, 6) is 6.35. The third kappa shape index (κ3) is 5.25. The molecule has 0 saturated carbocycles. The van der Waals surface area contributed by atoms with E-state index in [1.807, 2.05) is 33.0 Å². The molecule has 0 saturated heterocycles. The SMILES string of the molecule is CNC[C@@H]1Oc2cc(C#CCN(C)C)ccc2S(=O)(=O)N([C@@H](C)CO)C[C@H]1C. The molecule has 0 radical (unpaired) electrons. The van der Waals surface area contributed by atoms with E-state index < -0.39 is 16.1 Å². The molecule has 28 heavy (non-hydrogen) atoms. The summed E-state index contributed by atoms with van der Waals surface area (Å²) >= 11 is 0. The number of ether oxygens (including phenoxy) is 1. The summed E-state index contributed by atoms with van der Waals surface area (Å²) in [4.78, 5) is 2.07. The second-order valence-electron chi connectivity index (χ2n) is 7.50. The molecule has 7 nitrogen and oxygen atoms in total. The first kappa shape index (κ1) is 22.7. The Morgan fingerprint density at radius 3 is 2.75 bits per heavy atom. The van der Waals surface area contributed by atoms with Gasteiger partial charge in [-0.1, -0.05) is 18.8 Å². The quantitative estimate of drug-likeness (QED) is 0.693. The molecule has 3 atom stereocenters. The minimum absolute atomic E-state index is 0.0622. The summed E-state index contributed by atoms with van der Waals surface area (Å²) in [5, 5.41) is 12.7. The average molecular weight is 410 g/mol. The molecule has 0 spiro atoms. The summed E-state index contributed by atoms with van der Waals surface area (Å²) in [7, 11) is 1.90. The zero-order valence-corrected chi connectivity index (χ0v) is 18.1. The minimum Gasteiger partial charge on any atom is -0.487 e. The zero-order chi connectivity index (χ0) is 20.9. The first-order chi connectivity index (χ1) is 13.2. The largest absolute Gasteiger partial charge is 0.487 e. The lowest BCUT2D eigenvalue weighted by Gasteiger charge is -2.36. The summed E-state index contributed by atoms with van der Waals surface area (Å²) < 4.78 is 34.1. The number of aliphatic hydroxyl groups is 1. The summed E-state index contributed by atoms with van der Waals surface area (Å²) in [6.07, 6.45) is -0.211. The van der Waals surface area contributed by atoms with Crippen molar-refractivity contribution in [2.24, 2.45) is 5.92 Å². The summed E-state index contributed by atoms with van der Waals surface area (Å²) in [6, 6.07) is 4.42. The molecule has 1 aromatic carbocycles. The van der Waals surface area contributed by atoms with Crippen LogP contribution in [0.4, 0.5) is 0 Å². The maximum Gasteiger partial charge on any atom is 0.247 e. The second-order valence-corrected chi connectivity index (χ2v) is 9.36. The zero-order valence-electron chi connectivity index (χ0n) is 17.3. The van der Waals surface area contributed by atoms with Crippen LogP contribution in [0.2, 0.25) is 0 Å². The molecular weight excluding hydrogens is 378 g/mol. The van der Waals surface area contributed by atoms with E-state index in [9.17, 15) is 13.5 Å². The first-order valence-corrected chi connectivity index (χ1v) is 10.9. The molecule has 0 aromatic heterocycles. The van der Waals surface area contributed by atoms with Gasteiger partial charge in [-0.05, 0) is 46.3 Å². The molecule has 1 aromatic rings. The van der Waals surface area contributed by atoms with Crippen molar-refractivity contribution < 1.29 is 18.3 Å². The van der Waals surface area contributed by atoms with Crippen molar-refractivity contribution in [3.05, 3.63) is 23.8 Å². The lowest BCUT2D eigenvalue weighted by Crippen LogP contribution is -2.49. The average Bonchev–Trinajstić information content (AvgIpc) is 2.63. The first-order valence-electron chi connectivity index (χ1n) is 9.42. The number of nitrogens with one attached hydrogen (secondary N) is 1. The molecule has 0 fully saturated rings. The lowest BCUT2D eigenvalue weighted by molar-refractivity contribution is 0.103. The van der Waals surface area contributed by atoms with Gasteiger partial charge in [0, 0.05) is 30.6 Å². The molecule has 0 unspecified atom stereocenters. The number of aliphatic hydroxyl groups excluding tert-OH is 1. The van der Waals surface area contributed by atoms with E-state index in [1.54, 1.807) is 25.1 Å². The maximum absolute atomic E-state index is 13.3. The van der Waals surface area contributed by atoms with Crippen molar-refractivity contribution in [2.45, 2.75) is 30.9 Å². The van der Waals surface area contributed by atoms with Crippen LogP contribution in [0.1, 0.15) is 19.4 Å². The fraction of sp³-hybridized carbons (Fsp3) is 0.600. The Bertz CT molecular complexity index is 830. The van der Waals surface area contributed by atoms with Crippen LogP contribution in [-0.2, 0) is 10.0 Å². The van der Waals surface area contributed by atoms with Crippen molar-refractivity contribution in [1.82, 2.24) is 14.5 Å². The Balaban J connectivity index is 2.54. The smallest absolute Gasteiger partial charge is 0.247 e. The van der Waals surface area contributed by atoms with Gasteiger partial charge >= 0.3 is 0 Å². The van der Waals surface area contributed by atoms with E-state index in [0.29, 0.717) is 24.4 Å². The number of rotatable bonds is 5. The van der Waals surface area contributed by atoms with Crippen molar-refractivity contribution in [3.63, 3.8) is 0 Å². The number of fused-ring (bicyclic) bond motifs is 1. The van der Waals surface area contributed by atoms with Crippen LogP contribution in [0.25, 0.3) is 0 Å². The Morgan fingerprint density at radius 1 is 1.43 bits per heavy atom. The monoisotopic (exact) mass is 409 g/mol. The molecule has 2 N–H and O–H groups in total. The van der Waals surface area contributed by atoms with E-state index >= 15 is 0 Å². The molecule has 156 valence electrons. The van der Waals surface area contributed by atoms with Gasteiger partial charge in [0.05, 0.1) is 13.2 Å². The van der Waals surface area contributed by atoms with Crippen molar-refractivity contribution in [1.29, 1.82) is 0 Å². The standard InChI is InChI=1S/C20H31N3O4S/c1-15-13-23(16(2)14-24)28(25,26)20-9-8-17(7-6-10-22(4)5)11-18(20)27-19(15)12-21-3/h8-9,11,15-16,19,21,24H,10,12-14H2,1-5H3/t15-,16+,19+/m1/s1. The Kier molecular flexibility index (Phi) is 7.87. The van der Waals surface area contributed by atoms with E-state index in [2.05, 4.69) is 17.2 Å². The van der Waals surface area contributed by atoms with Crippen LogP contribution in [0, 0.1) is 17.8 Å². The molecule has 0 amide bonds. The highest BCUT2D eigenvalue weighted by Crippen LogP contribution is 2.33. The fourth-order valence-corrected chi connectivity index (χ4v) is 4.87. The number of sulfonamides is 1. The second kappa shape index (κ2) is 9.72. The van der Waals surface area contributed by atoms with E-state index in [1.165, 1.54) is 4.31 Å². The van der Waals surface area contributed by atoms with Gasteiger partial charge in [0.25, 0.3) is 0 Å². The van der Waals surface area contributed by atoms with Gasteiger partial charge in [0.2, 0.25) is 10.0 Å². The predicted molar refractivity (Wildman–Crippen MR) is 110 cm³/mol. The molecule has 1 aliphatic heterocycles. The van der Waals surface area contributed by atoms with Crippen molar-refractivity contribution in [3.8, 4) is 17.6 Å². The number of hydrogen-bond donors (Lipinski definition) is 2. The number of nitrogens with zero attached hydrogens (tertiary/aromatic N) is 2. The molecular formula is C20H31N3O4S. The fourth-order valence-electron chi connectivity index (χ4n) is 3.05. The van der Waals surface area contributed by atoms with Crippen LogP contribution >= 0.6 is 0 Å². The van der Waals surface area contributed by atoms with E-state index in [0.717, 1.165) is 0 Å². The molecule has 8 heteroatoms. The molecule has 0 aliphatic carbocycles. The Hall–Kier alpha value is -1.63. The normalized spacial score (nSPS) is 23.0. The van der Waals surface area contributed by atoms with Gasteiger partial charge in [0.1, 0.15) is 16.7 Å². The van der Waals surface area contributed by atoms with Gasteiger partial charge in [-0.15, -0.1) is 0 Å². The highest BCUT2D eigenvalue weighted by molar-refractivity contribution is 7.89. The molecule has 2 rings (SSSR count). The maximum atomic E-state index is 13.3. The lowest BCUT2D eigenvalue weighted by atomic mass is 10.0. The molecule has 1 aliphatic rings. The highest BCUT2D eigenvalue weighted by Gasteiger charge is 2.37. The van der Waals surface area contributed by atoms with Crippen LogP contribution in [-0.4, -0.2) is 82.3 Å². The van der Waals surface area contributed by atoms with Gasteiger partial charge in [-0.25, -0.2) is 8.42 Å². The third-order valence-corrected chi connectivity index (χ3v) is 6.72. The van der Waals surface area contributed by atoms with E-state index in [4.69, 9.17) is 4.74 Å². The Labute approximate surface area is 168 Å². The minimum atomic E-state index is -3.80. The van der Waals surface area contributed by atoms with Crippen molar-refractivity contribution in [2.75, 3.05) is 47.4 Å². The third-order valence-electron chi connectivity index (χ3n) is 4.70. The Morgan fingerprint density at radius 2 is 2.14 bits per heavy atom. The number of benzene rings is 1. The van der Waals surface area contributed by atoms with Gasteiger partial charge in [-0.2, -0.15) is 4.31 Å². The van der Waals surface area contributed by atoms with Gasteiger partial charge in [0.15, 0.2) is 0 Å². The summed E-state index contributed by atoms with van der Waals surface area (Å²) in [6.45, 7) is 4.89.